The molecule has 0 aromatic heterocycles. The second kappa shape index (κ2) is 5.03. The molecule has 0 aliphatic carbocycles. The SMILES string of the molecule is Nc1ccc(O)cc1C(=O)NN1CCOCC1. The molecule has 0 spiro atoms. The molecule has 1 heterocycles. The van der Waals surface area contributed by atoms with E-state index >= 15 is 0 Å². The van der Waals surface area contributed by atoms with Gasteiger partial charge >= 0.3 is 0 Å². The number of ether oxygens (including phenoxy) is 1. The van der Waals surface area contributed by atoms with Gasteiger partial charge in [-0.3, -0.25) is 10.2 Å². The summed E-state index contributed by atoms with van der Waals surface area (Å²) < 4.78 is 5.17. The molecule has 1 aliphatic rings. The first-order valence-corrected chi connectivity index (χ1v) is 5.39. The van der Waals surface area contributed by atoms with Gasteiger partial charge in [-0.1, -0.05) is 0 Å². The Morgan fingerprint density at radius 2 is 2.12 bits per heavy atom. The molecule has 1 saturated heterocycles. The largest absolute Gasteiger partial charge is 0.508 e. The Bertz CT molecular complexity index is 416. The number of rotatable bonds is 2. The van der Waals surface area contributed by atoms with E-state index in [1.54, 1.807) is 5.01 Å². The average molecular weight is 237 g/mol. The van der Waals surface area contributed by atoms with Crippen molar-refractivity contribution in [1.29, 1.82) is 0 Å². The molecule has 0 radical (unpaired) electrons. The van der Waals surface area contributed by atoms with Crippen molar-refractivity contribution in [3.05, 3.63) is 23.8 Å². The van der Waals surface area contributed by atoms with E-state index < -0.39 is 0 Å². The molecule has 0 atom stereocenters. The molecule has 0 bridgehead atoms. The van der Waals surface area contributed by atoms with Gasteiger partial charge in [0, 0.05) is 18.8 Å². The lowest BCUT2D eigenvalue weighted by Crippen LogP contribution is -2.48. The number of phenolic OH excluding ortho intramolecular Hbond substituents is 1. The summed E-state index contributed by atoms with van der Waals surface area (Å²) in [5.74, 6) is -0.299. The van der Waals surface area contributed by atoms with Gasteiger partial charge in [0.05, 0.1) is 18.8 Å². The monoisotopic (exact) mass is 237 g/mol. The number of anilines is 1. The zero-order valence-corrected chi connectivity index (χ0v) is 9.35. The first-order valence-electron chi connectivity index (χ1n) is 5.39. The van der Waals surface area contributed by atoms with Crippen molar-refractivity contribution >= 4 is 11.6 Å². The number of carbonyl (C=O) groups excluding carboxylic acids is 1. The predicted octanol–water partition coefficient (Wildman–Crippen LogP) is -0.0486. The number of nitrogens with two attached hydrogens (primary N) is 1. The number of amides is 1. The van der Waals surface area contributed by atoms with Crippen molar-refractivity contribution in [3.63, 3.8) is 0 Å². The van der Waals surface area contributed by atoms with Crippen LogP contribution in [0.25, 0.3) is 0 Å². The van der Waals surface area contributed by atoms with Crippen LogP contribution in [-0.4, -0.2) is 42.3 Å². The molecule has 2 rings (SSSR count). The predicted molar refractivity (Wildman–Crippen MR) is 62.4 cm³/mol. The smallest absolute Gasteiger partial charge is 0.267 e. The summed E-state index contributed by atoms with van der Waals surface area (Å²) in [5.41, 5.74) is 9.02. The van der Waals surface area contributed by atoms with E-state index in [4.69, 9.17) is 10.5 Å². The third kappa shape index (κ3) is 2.86. The highest BCUT2D eigenvalue weighted by Crippen LogP contribution is 2.18. The number of benzene rings is 1. The van der Waals surface area contributed by atoms with Crippen molar-refractivity contribution in [1.82, 2.24) is 10.4 Å². The molecule has 4 N–H and O–H groups in total. The number of morpholine rings is 1. The van der Waals surface area contributed by atoms with Crippen LogP contribution in [0.5, 0.6) is 5.75 Å². The Morgan fingerprint density at radius 3 is 2.82 bits per heavy atom. The average Bonchev–Trinajstić information content (AvgIpc) is 2.33. The van der Waals surface area contributed by atoms with Crippen LogP contribution in [0.3, 0.4) is 0 Å². The molecule has 6 heteroatoms. The number of nitrogen functional groups attached to an aromatic ring is 1. The Hall–Kier alpha value is -1.79. The zero-order valence-electron chi connectivity index (χ0n) is 9.35. The third-order valence-electron chi connectivity index (χ3n) is 2.55. The number of nitrogens with one attached hydrogen (secondary N) is 1. The van der Waals surface area contributed by atoms with Crippen molar-refractivity contribution in [2.45, 2.75) is 0 Å². The summed E-state index contributed by atoms with van der Waals surface area (Å²) in [6.07, 6.45) is 0. The number of phenols is 1. The Labute approximate surface area is 98.9 Å². The highest BCUT2D eigenvalue weighted by Gasteiger charge is 2.16. The van der Waals surface area contributed by atoms with Crippen LogP contribution in [0, 0.1) is 0 Å². The lowest BCUT2D eigenvalue weighted by atomic mass is 10.1. The molecule has 6 nitrogen and oxygen atoms in total. The van der Waals surface area contributed by atoms with Gasteiger partial charge in [-0.15, -0.1) is 0 Å². The minimum Gasteiger partial charge on any atom is -0.508 e. The van der Waals surface area contributed by atoms with E-state index in [-0.39, 0.29) is 17.2 Å². The summed E-state index contributed by atoms with van der Waals surface area (Å²) in [7, 11) is 0. The normalized spacial score (nSPS) is 16.7. The molecular formula is C11H15N3O3. The topological polar surface area (TPSA) is 87.8 Å². The van der Waals surface area contributed by atoms with Crippen molar-refractivity contribution in [2.75, 3.05) is 32.0 Å². The molecule has 1 fully saturated rings. The first kappa shape index (κ1) is 11.7. The van der Waals surface area contributed by atoms with E-state index in [9.17, 15) is 9.90 Å². The standard InChI is InChI=1S/C11H15N3O3/c12-10-2-1-8(15)7-9(10)11(16)13-14-3-5-17-6-4-14/h1-2,7,15H,3-6,12H2,(H,13,16). The van der Waals surface area contributed by atoms with Gasteiger partial charge in [0.2, 0.25) is 0 Å². The number of aromatic hydroxyl groups is 1. The number of carbonyl (C=O) groups is 1. The molecule has 0 saturated carbocycles. The van der Waals surface area contributed by atoms with Crippen LogP contribution in [0.1, 0.15) is 10.4 Å². The summed E-state index contributed by atoms with van der Waals surface area (Å²) in [6.45, 7) is 2.47. The van der Waals surface area contributed by atoms with E-state index in [2.05, 4.69) is 5.43 Å². The second-order valence-corrected chi connectivity index (χ2v) is 3.81. The van der Waals surface area contributed by atoms with Crippen LogP contribution in [0.2, 0.25) is 0 Å². The highest BCUT2D eigenvalue weighted by atomic mass is 16.5. The Balaban J connectivity index is 2.05. The van der Waals surface area contributed by atoms with E-state index in [1.807, 2.05) is 0 Å². The summed E-state index contributed by atoms with van der Waals surface area (Å²) in [4.78, 5) is 11.9. The maximum atomic E-state index is 11.9. The molecule has 1 aromatic carbocycles. The van der Waals surface area contributed by atoms with Crippen LogP contribution in [0.15, 0.2) is 18.2 Å². The van der Waals surface area contributed by atoms with Crippen molar-refractivity contribution in [2.24, 2.45) is 0 Å². The maximum Gasteiger partial charge on any atom is 0.267 e. The fourth-order valence-corrected chi connectivity index (χ4v) is 1.62. The van der Waals surface area contributed by atoms with Crippen LogP contribution in [-0.2, 0) is 4.74 Å². The summed E-state index contributed by atoms with van der Waals surface area (Å²) in [6, 6.07) is 4.30. The number of hydrogen-bond acceptors (Lipinski definition) is 5. The van der Waals surface area contributed by atoms with E-state index in [1.165, 1.54) is 18.2 Å². The van der Waals surface area contributed by atoms with E-state index in [0.717, 1.165) is 0 Å². The highest BCUT2D eigenvalue weighted by molar-refractivity contribution is 5.99. The number of nitrogens with zero attached hydrogens (tertiary/aromatic N) is 1. The molecule has 92 valence electrons. The van der Waals surface area contributed by atoms with Gasteiger partial charge in [-0.05, 0) is 18.2 Å². The maximum absolute atomic E-state index is 11.9. The van der Waals surface area contributed by atoms with Gasteiger partial charge < -0.3 is 15.6 Å². The minimum absolute atomic E-state index is 0.0197. The Morgan fingerprint density at radius 1 is 1.41 bits per heavy atom. The lowest BCUT2D eigenvalue weighted by Gasteiger charge is -2.27. The molecule has 0 unspecified atom stereocenters. The van der Waals surface area contributed by atoms with Gasteiger partial charge in [0.25, 0.3) is 5.91 Å². The lowest BCUT2D eigenvalue weighted by molar-refractivity contribution is 0.0126. The van der Waals surface area contributed by atoms with Crippen LogP contribution < -0.4 is 11.2 Å². The van der Waals surface area contributed by atoms with Crippen molar-refractivity contribution < 1.29 is 14.6 Å². The van der Waals surface area contributed by atoms with Gasteiger partial charge in [0.15, 0.2) is 0 Å². The van der Waals surface area contributed by atoms with Crippen LogP contribution in [0.4, 0.5) is 5.69 Å². The fraction of sp³-hybridized carbons (Fsp3) is 0.364. The summed E-state index contributed by atoms with van der Waals surface area (Å²) >= 11 is 0. The molecule has 1 amide bonds. The fourth-order valence-electron chi connectivity index (χ4n) is 1.62. The third-order valence-corrected chi connectivity index (χ3v) is 2.55. The van der Waals surface area contributed by atoms with Gasteiger partial charge in [-0.25, -0.2) is 5.01 Å². The molecule has 1 aromatic rings. The number of hydrazine groups is 1. The first-order chi connectivity index (χ1) is 8.16. The molecular weight excluding hydrogens is 222 g/mol. The minimum atomic E-state index is -0.319. The quantitative estimate of drug-likeness (QED) is 0.496. The van der Waals surface area contributed by atoms with E-state index in [0.29, 0.717) is 32.0 Å². The molecule has 17 heavy (non-hydrogen) atoms. The van der Waals surface area contributed by atoms with Crippen molar-refractivity contribution in [3.8, 4) is 5.75 Å². The van der Waals surface area contributed by atoms with Gasteiger partial charge in [-0.2, -0.15) is 0 Å². The summed E-state index contributed by atoms with van der Waals surface area (Å²) in [5, 5.41) is 11.1. The Kier molecular flexibility index (Phi) is 3.46. The number of hydrogen-bond donors (Lipinski definition) is 3. The zero-order chi connectivity index (χ0) is 12.3. The van der Waals surface area contributed by atoms with Crippen LogP contribution >= 0.6 is 0 Å². The molecule has 1 aliphatic heterocycles. The second-order valence-electron chi connectivity index (χ2n) is 3.81. The van der Waals surface area contributed by atoms with Gasteiger partial charge in [0.1, 0.15) is 5.75 Å².